The van der Waals surface area contributed by atoms with E-state index in [0.717, 1.165) is 24.1 Å². The Hall–Kier alpha value is -3.52. The van der Waals surface area contributed by atoms with Gasteiger partial charge >= 0.3 is 0 Å². The minimum atomic E-state index is -0.550. The number of carbonyl (C=O) groups is 1. The van der Waals surface area contributed by atoms with Crippen LogP contribution in [0.15, 0.2) is 57.3 Å². The molecular weight excluding hydrogens is 400 g/mol. The number of amides is 1. The van der Waals surface area contributed by atoms with Gasteiger partial charge in [-0.25, -0.2) is 9.97 Å². The van der Waals surface area contributed by atoms with E-state index in [1.165, 1.54) is 23.2 Å². The van der Waals surface area contributed by atoms with Crippen molar-refractivity contribution in [3.05, 3.63) is 75.2 Å². The standard InChI is InChI=1S/C22H20N4O3S/c1-3-5-14-7-9-15(10-8-14)16-12-30-22(24-16)26-21(28)18-13(2)23-19(25-20(18)27)17-6-4-11-29-17/h4,6-12H,3,5H2,1-2H3,(H,23,25,27)(H,24,26,28). The number of rotatable bonds is 6. The summed E-state index contributed by atoms with van der Waals surface area (Å²) in [5, 5.41) is 4.99. The topological polar surface area (TPSA) is 101 Å². The normalized spacial score (nSPS) is 10.9. The Morgan fingerprint density at radius 1 is 1.20 bits per heavy atom. The van der Waals surface area contributed by atoms with Crippen LogP contribution in [0.5, 0.6) is 0 Å². The van der Waals surface area contributed by atoms with E-state index in [2.05, 4.69) is 39.3 Å². The first-order chi connectivity index (χ1) is 14.5. The molecular formula is C22H20N4O3S. The third-order valence-electron chi connectivity index (χ3n) is 4.59. The van der Waals surface area contributed by atoms with Crippen LogP contribution in [-0.4, -0.2) is 20.9 Å². The van der Waals surface area contributed by atoms with Crippen LogP contribution in [0.4, 0.5) is 5.13 Å². The predicted molar refractivity (Wildman–Crippen MR) is 117 cm³/mol. The van der Waals surface area contributed by atoms with Gasteiger partial charge in [-0.1, -0.05) is 37.6 Å². The van der Waals surface area contributed by atoms with E-state index in [1.807, 2.05) is 17.5 Å². The van der Waals surface area contributed by atoms with Crippen LogP contribution in [0.1, 0.15) is 35.0 Å². The van der Waals surface area contributed by atoms with E-state index in [9.17, 15) is 9.59 Å². The fraction of sp³-hybridized carbons (Fsp3) is 0.182. The first-order valence-electron chi connectivity index (χ1n) is 9.56. The minimum absolute atomic E-state index is 0.0500. The molecule has 7 nitrogen and oxygen atoms in total. The van der Waals surface area contributed by atoms with Crippen LogP contribution >= 0.6 is 11.3 Å². The van der Waals surface area contributed by atoms with Gasteiger partial charge in [0.15, 0.2) is 16.7 Å². The summed E-state index contributed by atoms with van der Waals surface area (Å²) in [6.07, 6.45) is 3.63. The molecule has 0 aliphatic heterocycles. The molecule has 3 heterocycles. The van der Waals surface area contributed by atoms with Gasteiger partial charge in [0, 0.05) is 10.9 Å². The molecule has 0 spiro atoms. The van der Waals surface area contributed by atoms with Crippen molar-refractivity contribution in [3.63, 3.8) is 0 Å². The van der Waals surface area contributed by atoms with E-state index in [1.54, 1.807) is 19.1 Å². The molecule has 0 aliphatic carbocycles. The third kappa shape index (κ3) is 4.08. The van der Waals surface area contributed by atoms with Crippen LogP contribution in [0.2, 0.25) is 0 Å². The van der Waals surface area contributed by atoms with Crippen molar-refractivity contribution < 1.29 is 9.21 Å². The number of furan rings is 1. The fourth-order valence-electron chi connectivity index (χ4n) is 3.14. The lowest BCUT2D eigenvalue weighted by Gasteiger charge is -2.05. The van der Waals surface area contributed by atoms with E-state index in [0.29, 0.717) is 16.6 Å². The van der Waals surface area contributed by atoms with Crippen molar-refractivity contribution in [2.24, 2.45) is 0 Å². The lowest BCUT2D eigenvalue weighted by Crippen LogP contribution is -2.26. The smallest absolute Gasteiger partial charge is 0.264 e. The highest BCUT2D eigenvalue weighted by atomic mass is 32.1. The summed E-state index contributed by atoms with van der Waals surface area (Å²) in [6, 6.07) is 11.6. The van der Waals surface area contributed by atoms with E-state index >= 15 is 0 Å². The highest BCUT2D eigenvalue weighted by Crippen LogP contribution is 2.26. The van der Waals surface area contributed by atoms with Crippen LogP contribution in [0.3, 0.4) is 0 Å². The first kappa shape index (κ1) is 19.8. The molecule has 0 unspecified atom stereocenters. The Bertz CT molecular complexity index is 1220. The molecule has 152 valence electrons. The zero-order valence-electron chi connectivity index (χ0n) is 16.6. The Morgan fingerprint density at radius 2 is 2.00 bits per heavy atom. The second-order valence-electron chi connectivity index (χ2n) is 6.79. The van der Waals surface area contributed by atoms with E-state index in [4.69, 9.17) is 4.42 Å². The van der Waals surface area contributed by atoms with Crippen molar-refractivity contribution in [3.8, 4) is 22.8 Å². The second kappa shape index (κ2) is 8.46. The van der Waals surface area contributed by atoms with Crippen molar-refractivity contribution in [2.45, 2.75) is 26.7 Å². The van der Waals surface area contributed by atoms with Crippen LogP contribution in [0, 0.1) is 6.92 Å². The molecule has 0 aliphatic rings. The molecule has 0 atom stereocenters. The number of thiazole rings is 1. The number of nitrogens with one attached hydrogen (secondary N) is 2. The Labute approximate surface area is 176 Å². The maximum atomic E-state index is 12.7. The molecule has 2 N–H and O–H groups in total. The van der Waals surface area contributed by atoms with E-state index < -0.39 is 11.5 Å². The fourth-order valence-corrected chi connectivity index (χ4v) is 3.85. The summed E-state index contributed by atoms with van der Waals surface area (Å²) in [4.78, 5) is 36.5. The van der Waals surface area contributed by atoms with Crippen LogP contribution in [-0.2, 0) is 6.42 Å². The number of carbonyl (C=O) groups excluding carboxylic acids is 1. The molecule has 1 aromatic carbocycles. The molecule has 1 amide bonds. The number of benzene rings is 1. The highest BCUT2D eigenvalue weighted by molar-refractivity contribution is 7.14. The number of aryl methyl sites for hydroxylation is 2. The number of nitrogens with zero attached hydrogens (tertiary/aromatic N) is 2. The molecule has 0 saturated heterocycles. The lowest BCUT2D eigenvalue weighted by molar-refractivity contribution is 0.102. The maximum Gasteiger partial charge on any atom is 0.264 e. The summed E-state index contributed by atoms with van der Waals surface area (Å²) >= 11 is 1.30. The summed E-state index contributed by atoms with van der Waals surface area (Å²) in [5.74, 6) is 0.158. The van der Waals surface area contributed by atoms with Gasteiger partial charge in [-0.3, -0.25) is 14.9 Å². The number of aromatic nitrogens is 3. The van der Waals surface area contributed by atoms with Gasteiger partial charge in [-0.15, -0.1) is 11.3 Å². The lowest BCUT2D eigenvalue weighted by atomic mass is 10.1. The summed E-state index contributed by atoms with van der Waals surface area (Å²) < 4.78 is 5.25. The molecule has 0 bridgehead atoms. The number of aromatic amines is 1. The summed E-state index contributed by atoms with van der Waals surface area (Å²) in [7, 11) is 0. The highest BCUT2D eigenvalue weighted by Gasteiger charge is 2.19. The van der Waals surface area contributed by atoms with Crippen LogP contribution < -0.4 is 10.9 Å². The van der Waals surface area contributed by atoms with Gasteiger partial charge in [0.25, 0.3) is 11.5 Å². The maximum absolute atomic E-state index is 12.7. The quantitative estimate of drug-likeness (QED) is 0.472. The average Bonchev–Trinajstić information content (AvgIpc) is 3.40. The Kier molecular flexibility index (Phi) is 5.58. The SMILES string of the molecule is CCCc1ccc(-c2csc(NC(=O)c3c(C)nc(-c4ccco4)[nH]c3=O)n2)cc1. The molecule has 0 fully saturated rings. The van der Waals surface area contributed by atoms with E-state index in [-0.39, 0.29) is 11.4 Å². The summed E-state index contributed by atoms with van der Waals surface area (Å²) in [5.41, 5.74) is 2.76. The second-order valence-corrected chi connectivity index (χ2v) is 7.65. The number of H-pyrrole nitrogens is 1. The molecule has 4 aromatic rings. The average molecular weight is 420 g/mol. The Balaban J connectivity index is 1.53. The molecule has 0 radical (unpaired) electrons. The number of hydrogen-bond acceptors (Lipinski definition) is 6. The largest absolute Gasteiger partial charge is 0.461 e. The molecule has 3 aromatic heterocycles. The first-order valence-corrected chi connectivity index (χ1v) is 10.4. The van der Waals surface area contributed by atoms with Crippen molar-refractivity contribution in [1.29, 1.82) is 0 Å². The molecule has 4 rings (SSSR count). The summed E-state index contributed by atoms with van der Waals surface area (Å²) in [6.45, 7) is 3.76. The molecule has 8 heteroatoms. The zero-order valence-corrected chi connectivity index (χ0v) is 17.4. The van der Waals surface area contributed by atoms with Gasteiger partial charge in [-0.2, -0.15) is 0 Å². The monoisotopic (exact) mass is 420 g/mol. The minimum Gasteiger partial charge on any atom is -0.461 e. The van der Waals surface area contributed by atoms with Gasteiger partial charge in [0.05, 0.1) is 17.7 Å². The Morgan fingerprint density at radius 3 is 2.67 bits per heavy atom. The van der Waals surface area contributed by atoms with Gasteiger partial charge < -0.3 is 9.40 Å². The van der Waals surface area contributed by atoms with Gasteiger partial charge in [-0.05, 0) is 31.0 Å². The van der Waals surface area contributed by atoms with Gasteiger partial charge in [0.1, 0.15) is 5.56 Å². The zero-order chi connectivity index (χ0) is 21.1. The van der Waals surface area contributed by atoms with Crippen molar-refractivity contribution >= 4 is 22.4 Å². The molecule has 30 heavy (non-hydrogen) atoms. The van der Waals surface area contributed by atoms with Crippen molar-refractivity contribution in [1.82, 2.24) is 15.0 Å². The molecule has 0 saturated carbocycles. The van der Waals surface area contributed by atoms with Crippen LogP contribution in [0.25, 0.3) is 22.8 Å². The van der Waals surface area contributed by atoms with Gasteiger partial charge in [0.2, 0.25) is 0 Å². The predicted octanol–water partition coefficient (Wildman–Crippen LogP) is 4.67. The third-order valence-corrected chi connectivity index (χ3v) is 5.35. The number of anilines is 1. The number of hydrogen-bond donors (Lipinski definition) is 2. The van der Waals surface area contributed by atoms with Crippen molar-refractivity contribution in [2.75, 3.05) is 5.32 Å².